The van der Waals surface area contributed by atoms with Gasteiger partial charge in [-0.05, 0) is 38.5 Å². The molecular weight excluding hydrogens is 226 g/mol. The molecule has 0 aromatic rings. The van der Waals surface area contributed by atoms with Crippen molar-refractivity contribution in [1.29, 1.82) is 0 Å². The average molecular weight is 253 g/mol. The third kappa shape index (κ3) is 3.95. The van der Waals surface area contributed by atoms with Gasteiger partial charge in [0.2, 0.25) is 5.91 Å². The molecule has 0 radical (unpaired) electrons. The Morgan fingerprint density at radius 1 is 1.28 bits per heavy atom. The molecule has 104 valence electrons. The molecule has 0 bridgehead atoms. The second-order valence-electron chi connectivity index (χ2n) is 6.17. The van der Waals surface area contributed by atoms with Gasteiger partial charge in [-0.25, -0.2) is 0 Å². The van der Waals surface area contributed by atoms with E-state index in [4.69, 9.17) is 5.73 Å². The number of amides is 1. The van der Waals surface area contributed by atoms with Crippen LogP contribution >= 0.6 is 0 Å². The maximum atomic E-state index is 11.9. The molecule has 1 saturated carbocycles. The highest BCUT2D eigenvalue weighted by molar-refractivity contribution is 5.79. The van der Waals surface area contributed by atoms with Crippen LogP contribution in [0.15, 0.2) is 0 Å². The summed E-state index contributed by atoms with van der Waals surface area (Å²) in [6, 6.07) is 0.286. The van der Waals surface area contributed by atoms with Crippen molar-refractivity contribution in [2.45, 2.75) is 51.6 Å². The van der Waals surface area contributed by atoms with Crippen LogP contribution in [0.4, 0.5) is 0 Å². The van der Waals surface area contributed by atoms with Gasteiger partial charge in [-0.1, -0.05) is 6.92 Å². The first kappa shape index (κ1) is 13.8. The molecule has 1 heterocycles. The van der Waals surface area contributed by atoms with Crippen LogP contribution in [0, 0.1) is 11.8 Å². The number of hydrogen-bond acceptors (Lipinski definition) is 3. The van der Waals surface area contributed by atoms with Crippen LogP contribution in [0.5, 0.6) is 0 Å². The number of carbonyl (C=O) groups excluding carboxylic acids is 1. The largest absolute Gasteiger partial charge is 0.353 e. The number of nitrogens with two attached hydrogens (primary N) is 1. The fourth-order valence-electron chi connectivity index (χ4n) is 2.50. The summed E-state index contributed by atoms with van der Waals surface area (Å²) in [6.45, 7) is 7.34. The van der Waals surface area contributed by atoms with Gasteiger partial charge in [0.15, 0.2) is 0 Å². The summed E-state index contributed by atoms with van der Waals surface area (Å²) in [5.41, 5.74) is 5.76. The van der Waals surface area contributed by atoms with E-state index in [0.717, 1.165) is 31.8 Å². The zero-order valence-electron chi connectivity index (χ0n) is 11.7. The Morgan fingerprint density at radius 3 is 2.39 bits per heavy atom. The smallest absolute Gasteiger partial charge is 0.224 e. The number of likely N-dealkylation sites (tertiary alicyclic amines) is 1. The van der Waals surface area contributed by atoms with Crippen LogP contribution in [0.1, 0.15) is 39.5 Å². The summed E-state index contributed by atoms with van der Waals surface area (Å²) < 4.78 is 0. The molecule has 1 saturated heterocycles. The molecule has 1 aliphatic carbocycles. The van der Waals surface area contributed by atoms with Crippen LogP contribution in [0.25, 0.3) is 0 Å². The lowest BCUT2D eigenvalue weighted by atomic mass is 10.0. The monoisotopic (exact) mass is 253 g/mol. The normalized spacial score (nSPS) is 25.7. The second-order valence-corrected chi connectivity index (χ2v) is 6.17. The SMILES string of the molecule is CC(N)C(C)C(=O)NC1CCN(CC2CC2)CC1. The van der Waals surface area contributed by atoms with Gasteiger partial charge in [0, 0.05) is 37.6 Å². The Hall–Kier alpha value is -0.610. The summed E-state index contributed by atoms with van der Waals surface area (Å²) in [7, 11) is 0. The topological polar surface area (TPSA) is 58.4 Å². The molecule has 2 aliphatic rings. The summed E-state index contributed by atoms with van der Waals surface area (Å²) in [5, 5.41) is 3.14. The van der Waals surface area contributed by atoms with Crippen molar-refractivity contribution < 1.29 is 4.79 Å². The molecule has 0 aromatic heterocycles. The number of carbonyl (C=O) groups is 1. The average Bonchev–Trinajstić information content (AvgIpc) is 3.14. The molecule has 2 unspecified atom stereocenters. The summed E-state index contributed by atoms with van der Waals surface area (Å²) in [6.07, 6.45) is 5.01. The van der Waals surface area contributed by atoms with Crippen LogP contribution in [-0.2, 0) is 4.79 Å². The summed E-state index contributed by atoms with van der Waals surface area (Å²) in [5.74, 6) is 0.995. The lowest BCUT2D eigenvalue weighted by molar-refractivity contribution is -0.126. The zero-order chi connectivity index (χ0) is 13.1. The summed E-state index contributed by atoms with van der Waals surface area (Å²) >= 11 is 0. The highest BCUT2D eigenvalue weighted by Gasteiger charge is 2.28. The van der Waals surface area contributed by atoms with Gasteiger partial charge in [-0.3, -0.25) is 4.79 Å². The van der Waals surface area contributed by atoms with Crippen molar-refractivity contribution in [3.8, 4) is 0 Å². The quantitative estimate of drug-likeness (QED) is 0.767. The Labute approximate surface area is 110 Å². The van der Waals surface area contributed by atoms with Gasteiger partial charge in [0.1, 0.15) is 0 Å². The van der Waals surface area contributed by atoms with E-state index in [0.29, 0.717) is 6.04 Å². The molecule has 0 aromatic carbocycles. The third-order valence-corrected chi connectivity index (χ3v) is 4.35. The lowest BCUT2D eigenvalue weighted by Crippen LogP contribution is -2.48. The van der Waals surface area contributed by atoms with Crippen LogP contribution in [-0.4, -0.2) is 42.5 Å². The molecule has 2 fully saturated rings. The van der Waals surface area contributed by atoms with Crippen molar-refractivity contribution in [3.05, 3.63) is 0 Å². The predicted octanol–water partition coefficient (Wildman–Crippen LogP) is 0.960. The van der Waals surface area contributed by atoms with Crippen LogP contribution < -0.4 is 11.1 Å². The molecule has 1 aliphatic heterocycles. The van der Waals surface area contributed by atoms with Gasteiger partial charge >= 0.3 is 0 Å². The van der Waals surface area contributed by atoms with Crippen LogP contribution in [0.3, 0.4) is 0 Å². The second kappa shape index (κ2) is 6.02. The minimum absolute atomic E-state index is 0.0695. The van der Waals surface area contributed by atoms with Gasteiger partial charge in [0.25, 0.3) is 0 Å². The van der Waals surface area contributed by atoms with E-state index in [1.54, 1.807) is 0 Å². The van der Waals surface area contributed by atoms with E-state index < -0.39 is 0 Å². The Balaban J connectivity index is 1.67. The van der Waals surface area contributed by atoms with Crippen molar-refractivity contribution in [2.24, 2.45) is 17.6 Å². The minimum Gasteiger partial charge on any atom is -0.353 e. The molecule has 4 nitrogen and oxygen atoms in total. The number of nitrogens with zero attached hydrogens (tertiary/aromatic N) is 1. The fourth-order valence-corrected chi connectivity index (χ4v) is 2.50. The van der Waals surface area contributed by atoms with E-state index >= 15 is 0 Å². The third-order valence-electron chi connectivity index (χ3n) is 4.35. The number of hydrogen-bond donors (Lipinski definition) is 2. The number of nitrogens with one attached hydrogen (secondary N) is 1. The number of piperidine rings is 1. The van der Waals surface area contributed by atoms with E-state index in [-0.39, 0.29) is 17.9 Å². The van der Waals surface area contributed by atoms with Gasteiger partial charge in [-0.15, -0.1) is 0 Å². The summed E-state index contributed by atoms with van der Waals surface area (Å²) in [4.78, 5) is 14.5. The van der Waals surface area contributed by atoms with E-state index in [2.05, 4.69) is 10.2 Å². The Kier molecular flexibility index (Phi) is 4.62. The van der Waals surface area contributed by atoms with Crippen LogP contribution in [0.2, 0.25) is 0 Å². The lowest BCUT2D eigenvalue weighted by Gasteiger charge is -2.33. The van der Waals surface area contributed by atoms with Crippen molar-refractivity contribution in [2.75, 3.05) is 19.6 Å². The van der Waals surface area contributed by atoms with E-state index in [1.165, 1.54) is 19.4 Å². The molecule has 0 spiro atoms. The molecule has 2 atom stereocenters. The Morgan fingerprint density at radius 2 is 1.89 bits per heavy atom. The first-order valence-corrected chi connectivity index (χ1v) is 7.34. The van der Waals surface area contributed by atoms with E-state index in [9.17, 15) is 4.79 Å². The highest BCUT2D eigenvalue weighted by Crippen LogP contribution is 2.30. The van der Waals surface area contributed by atoms with Gasteiger partial charge in [0.05, 0.1) is 0 Å². The van der Waals surface area contributed by atoms with Crippen molar-refractivity contribution >= 4 is 5.91 Å². The molecule has 2 rings (SSSR count). The molecular formula is C14H27N3O. The number of rotatable bonds is 5. The minimum atomic E-state index is -0.0884. The molecule has 1 amide bonds. The zero-order valence-corrected chi connectivity index (χ0v) is 11.7. The molecule has 4 heteroatoms. The van der Waals surface area contributed by atoms with E-state index in [1.807, 2.05) is 13.8 Å². The first-order chi connectivity index (χ1) is 8.56. The van der Waals surface area contributed by atoms with Crippen molar-refractivity contribution in [1.82, 2.24) is 10.2 Å². The standard InChI is InChI=1S/C14H27N3O/c1-10(11(2)15)14(18)16-13-5-7-17(8-6-13)9-12-3-4-12/h10-13H,3-9,15H2,1-2H3,(H,16,18). The maximum Gasteiger partial charge on any atom is 0.224 e. The van der Waals surface area contributed by atoms with Gasteiger partial charge < -0.3 is 16.0 Å². The molecule has 3 N–H and O–H groups in total. The molecule has 18 heavy (non-hydrogen) atoms. The van der Waals surface area contributed by atoms with Gasteiger partial charge in [-0.2, -0.15) is 0 Å². The predicted molar refractivity (Wildman–Crippen MR) is 73.1 cm³/mol. The van der Waals surface area contributed by atoms with Crippen molar-refractivity contribution in [3.63, 3.8) is 0 Å². The first-order valence-electron chi connectivity index (χ1n) is 7.34. The highest BCUT2D eigenvalue weighted by atomic mass is 16.1. The maximum absolute atomic E-state index is 11.9. The Bertz CT molecular complexity index is 281. The fraction of sp³-hybridized carbons (Fsp3) is 0.929.